The van der Waals surface area contributed by atoms with Gasteiger partial charge in [0.1, 0.15) is 0 Å². The Kier molecular flexibility index (Phi) is 5.69. The van der Waals surface area contributed by atoms with Crippen LogP contribution in [0.3, 0.4) is 0 Å². The van der Waals surface area contributed by atoms with E-state index in [2.05, 4.69) is 35.8 Å². The molecule has 0 heterocycles. The van der Waals surface area contributed by atoms with Gasteiger partial charge >= 0.3 is 5.97 Å². The minimum atomic E-state index is -0.149. The maximum atomic E-state index is 11.5. The van der Waals surface area contributed by atoms with Gasteiger partial charge in [0, 0.05) is 5.33 Å². The lowest BCUT2D eigenvalue weighted by atomic mass is 9.94. The van der Waals surface area contributed by atoms with Gasteiger partial charge in [-0.1, -0.05) is 28.1 Å². The van der Waals surface area contributed by atoms with Crippen molar-refractivity contribution in [2.75, 3.05) is 11.9 Å². The van der Waals surface area contributed by atoms with Crippen molar-refractivity contribution in [3.8, 4) is 0 Å². The third kappa shape index (κ3) is 3.84. The maximum Gasteiger partial charge on any atom is 0.310 e. The van der Waals surface area contributed by atoms with Crippen molar-refractivity contribution in [3.05, 3.63) is 34.4 Å². The molecule has 1 aromatic rings. The van der Waals surface area contributed by atoms with Gasteiger partial charge in [0.2, 0.25) is 0 Å². The van der Waals surface area contributed by atoms with Crippen LogP contribution in [0.2, 0.25) is 0 Å². The van der Waals surface area contributed by atoms with Crippen molar-refractivity contribution in [2.45, 2.75) is 33.6 Å². The zero-order valence-corrected chi connectivity index (χ0v) is 12.3. The lowest BCUT2D eigenvalue weighted by Crippen LogP contribution is -2.10. The van der Waals surface area contributed by atoms with Crippen LogP contribution in [0.1, 0.15) is 29.2 Å². The van der Waals surface area contributed by atoms with Gasteiger partial charge in [-0.2, -0.15) is 0 Å². The summed E-state index contributed by atoms with van der Waals surface area (Å²) in [6, 6.07) is 4.11. The minimum Gasteiger partial charge on any atom is -0.466 e. The van der Waals surface area contributed by atoms with E-state index in [4.69, 9.17) is 4.74 Å². The van der Waals surface area contributed by atoms with E-state index >= 15 is 0 Å². The lowest BCUT2D eigenvalue weighted by molar-refractivity contribution is -0.142. The number of hydrogen-bond donors (Lipinski definition) is 0. The topological polar surface area (TPSA) is 26.3 Å². The van der Waals surface area contributed by atoms with Crippen LogP contribution in [0.4, 0.5) is 0 Å². The van der Waals surface area contributed by atoms with E-state index in [1.54, 1.807) is 0 Å². The first-order valence-electron chi connectivity index (χ1n) is 5.89. The number of carbonyl (C=O) groups is 1. The number of rotatable bonds is 5. The number of benzene rings is 1. The summed E-state index contributed by atoms with van der Waals surface area (Å²) in [5, 5.41) is 0.942. The minimum absolute atomic E-state index is 0.149. The van der Waals surface area contributed by atoms with E-state index in [0.717, 1.165) is 17.3 Å². The van der Waals surface area contributed by atoms with Crippen LogP contribution in [-0.2, 0) is 22.4 Å². The number of halogens is 1. The van der Waals surface area contributed by atoms with Gasteiger partial charge in [0.05, 0.1) is 13.0 Å². The Morgan fingerprint density at radius 1 is 1.35 bits per heavy atom. The molecular weight excluding hydrogens is 280 g/mol. The van der Waals surface area contributed by atoms with E-state index in [1.807, 2.05) is 13.0 Å². The highest BCUT2D eigenvalue weighted by Crippen LogP contribution is 2.20. The average molecular weight is 299 g/mol. The van der Waals surface area contributed by atoms with Crippen LogP contribution < -0.4 is 0 Å². The fourth-order valence-electron chi connectivity index (χ4n) is 1.98. The summed E-state index contributed by atoms with van der Waals surface area (Å²) in [5.74, 6) is -0.149. The van der Waals surface area contributed by atoms with Crippen molar-refractivity contribution >= 4 is 21.9 Å². The Morgan fingerprint density at radius 2 is 2.06 bits per heavy atom. The number of carbonyl (C=O) groups excluding carboxylic acids is 1. The van der Waals surface area contributed by atoms with Gasteiger partial charge in [-0.3, -0.25) is 4.79 Å². The molecule has 0 saturated heterocycles. The molecule has 3 heteroatoms. The Bertz CT molecular complexity index is 399. The molecule has 0 spiro atoms. The van der Waals surface area contributed by atoms with Crippen LogP contribution in [0.5, 0.6) is 0 Å². The predicted molar refractivity (Wildman–Crippen MR) is 73.8 cm³/mol. The summed E-state index contributed by atoms with van der Waals surface area (Å²) in [7, 11) is 0. The Labute approximate surface area is 111 Å². The summed E-state index contributed by atoms with van der Waals surface area (Å²) in [5.41, 5.74) is 4.92. The molecule has 0 radical (unpaired) electrons. The molecule has 0 aromatic heterocycles. The number of ether oxygens (including phenoxy) is 1. The van der Waals surface area contributed by atoms with Crippen LogP contribution in [0.25, 0.3) is 0 Å². The van der Waals surface area contributed by atoms with Gasteiger partial charge in [-0.15, -0.1) is 0 Å². The second-order valence-corrected chi connectivity index (χ2v) is 4.86. The molecule has 0 N–H and O–H groups in total. The second kappa shape index (κ2) is 6.80. The van der Waals surface area contributed by atoms with Crippen molar-refractivity contribution in [1.82, 2.24) is 0 Å². The first-order chi connectivity index (χ1) is 8.10. The summed E-state index contributed by atoms with van der Waals surface area (Å²) in [4.78, 5) is 11.5. The normalized spacial score (nSPS) is 10.4. The molecule has 1 aromatic carbocycles. The van der Waals surface area contributed by atoms with Crippen LogP contribution in [0.15, 0.2) is 12.1 Å². The first-order valence-corrected chi connectivity index (χ1v) is 7.01. The third-order valence-electron chi connectivity index (χ3n) is 2.93. The zero-order valence-electron chi connectivity index (χ0n) is 10.7. The summed E-state index contributed by atoms with van der Waals surface area (Å²) in [6.45, 7) is 6.47. The molecule has 94 valence electrons. The van der Waals surface area contributed by atoms with Gasteiger partial charge < -0.3 is 4.74 Å². The van der Waals surface area contributed by atoms with E-state index in [0.29, 0.717) is 13.0 Å². The maximum absolute atomic E-state index is 11.5. The molecule has 17 heavy (non-hydrogen) atoms. The van der Waals surface area contributed by atoms with Crippen LogP contribution >= 0.6 is 15.9 Å². The Hall–Kier alpha value is -0.830. The van der Waals surface area contributed by atoms with E-state index in [9.17, 15) is 4.79 Å². The van der Waals surface area contributed by atoms with Crippen LogP contribution in [-0.4, -0.2) is 17.9 Å². The van der Waals surface area contributed by atoms with E-state index in [-0.39, 0.29) is 5.97 Å². The number of alkyl halides is 1. The molecule has 1 rings (SSSR count). The Balaban J connectivity index is 2.93. The first kappa shape index (κ1) is 14.2. The average Bonchev–Trinajstić information content (AvgIpc) is 2.29. The molecular formula is C14H19BrO2. The van der Waals surface area contributed by atoms with Crippen molar-refractivity contribution in [3.63, 3.8) is 0 Å². The molecule has 0 bridgehead atoms. The molecule has 0 fully saturated rings. The fourth-order valence-corrected chi connectivity index (χ4v) is 2.38. The molecule has 0 aliphatic heterocycles. The highest BCUT2D eigenvalue weighted by atomic mass is 79.9. The standard InChI is InChI=1S/C14H19BrO2/c1-4-17-14(16)9-12-6-5-10(2)13(7-8-15)11(12)3/h5-6H,4,7-9H2,1-3H3. The predicted octanol–water partition coefficient (Wildman–Crippen LogP) is 3.35. The molecule has 0 atom stereocenters. The molecule has 0 saturated carbocycles. The van der Waals surface area contributed by atoms with Gasteiger partial charge in [0.15, 0.2) is 0 Å². The molecule has 0 aliphatic carbocycles. The third-order valence-corrected chi connectivity index (χ3v) is 3.33. The largest absolute Gasteiger partial charge is 0.466 e. The molecule has 0 amide bonds. The van der Waals surface area contributed by atoms with Gasteiger partial charge in [-0.25, -0.2) is 0 Å². The number of esters is 1. The summed E-state index contributed by atoms with van der Waals surface area (Å²) >= 11 is 3.46. The fraction of sp³-hybridized carbons (Fsp3) is 0.500. The zero-order chi connectivity index (χ0) is 12.8. The number of aryl methyl sites for hydroxylation is 1. The van der Waals surface area contributed by atoms with Crippen LogP contribution in [0, 0.1) is 13.8 Å². The molecule has 0 aliphatic rings. The van der Waals surface area contributed by atoms with E-state index in [1.165, 1.54) is 16.7 Å². The lowest BCUT2D eigenvalue weighted by Gasteiger charge is -2.13. The smallest absolute Gasteiger partial charge is 0.310 e. The van der Waals surface area contributed by atoms with Gasteiger partial charge in [-0.05, 0) is 49.4 Å². The molecule has 2 nitrogen and oxygen atoms in total. The van der Waals surface area contributed by atoms with Crippen molar-refractivity contribution in [1.29, 1.82) is 0 Å². The van der Waals surface area contributed by atoms with Gasteiger partial charge in [0.25, 0.3) is 0 Å². The highest BCUT2D eigenvalue weighted by Gasteiger charge is 2.10. The van der Waals surface area contributed by atoms with Crippen molar-refractivity contribution < 1.29 is 9.53 Å². The summed E-state index contributed by atoms with van der Waals surface area (Å²) < 4.78 is 4.98. The SMILES string of the molecule is CCOC(=O)Cc1ccc(C)c(CCBr)c1C. The molecule has 0 unspecified atom stereocenters. The van der Waals surface area contributed by atoms with E-state index < -0.39 is 0 Å². The monoisotopic (exact) mass is 298 g/mol. The van der Waals surface area contributed by atoms with Crippen molar-refractivity contribution in [2.24, 2.45) is 0 Å². The Morgan fingerprint density at radius 3 is 2.65 bits per heavy atom. The highest BCUT2D eigenvalue weighted by molar-refractivity contribution is 9.09. The quantitative estimate of drug-likeness (QED) is 0.615. The number of hydrogen-bond acceptors (Lipinski definition) is 2. The summed E-state index contributed by atoms with van der Waals surface area (Å²) in [6.07, 6.45) is 1.36. The second-order valence-electron chi connectivity index (χ2n) is 4.07.